The highest BCUT2D eigenvalue weighted by Gasteiger charge is 2.38. The van der Waals surface area contributed by atoms with Crippen LogP contribution in [0.25, 0.3) is 65.3 Å². The van der Waals surface area contributed by atoms with Gasteiger partial charge in [0.15, 0.2) is 0 Å². The number of hydrogen-bond acceptors (Lipinski definition) is 2. The molecule has 10 rings (SSSR count). The van der Waals surface area contributed by atoms with Crippen molar-refractivity contribution in [3.05, 3.63) is 181 Å². The number of aromatic nitrogens is 1. The van der Waals surface area contributed by atoms with Gasteiger partial charge in [0, 0.05) is 34.9 Å². The molecule has 0 N–H and O–H groups in total. The van der Waals surface area contributed by atoms with Gasteiger partial charge < -0.3 is 4.90 Å². The highest BCUT2D eigenvalue weighted by Crippen LogP contribution is 2.55. The second kappa shape index (κ2) is 10.9. The molecule has 0 unspecified atom stereocenters. The Kier molecular flexibility index (Phi) is 6.25. The van der Waals surface area contributed by atoms with E-state index in [1.165, 1.54) is 76.5 Å². The summed E-state index contributed by atoms with van der Waals surface area (Å²) in [5, 5.41) is 10.1. The fourth-order valence-corrected chi connectivity index (χ4v) is 8.48. The monoisotopic (exact) mass is 638 g/mol. The van der Waals surface area contributed by atoms with E-state index in [-0.39, 0.29) is 5.41 Å². The second-order valence-corrected chi connectivity index (χ2v) is 14.0. The fraction of sp³-hybridized carbons (Fsp3) is 0.0625. The fourth-order valence-electron chi connectivity index (χ4n) is 8.48. The molecule has 0 bridgehead atoms. The third-order valence-electron chi connectivity index (χ3n) is 10.8. The maximum atomic E-state index is 4.30. The van der Waals surface area contributed by atoms with Crippen LogP contribution in [0.1, 0.15) is 25.0 Å². The van der Waals surface area contributed by atoms with E-state index >= 15 is 0 Å². The SMILES string of the molecule is CC1(C)c2cc(-c3ccncc3)c3ccccc3c2-c2ccc3cc(N(c4ccc5ccccc5c4)c4ccc5ccccc5c4)ccc3c21. The van der Waals surface area contributed by atoms with Gasteiger partial charge in [-0.2, -0.15) is 0 Å². The largest absolute Gasteiger partial charge is 0.310 e. The Hall–Kier alpha value is -6.25. The van der Waals surface area contributed by atoms with Gasteiger partial charge in [-0.1, -0.05) is 117 Å². The van der Waals surface area contributed by atoms with Gasteiger partial charge in [0.1, 0.15) is 0 Å². The number of pyridine rings is 1. The number of rotatable bonds is 4. The van der Waals surface area contributed by atoms with E-state index in [1.807, 2.05) is 12.4 Å². The van der Waals surface area contributed by atoms with Gasteiger partial charge in [0.2, 0.25) is 0 Å². The molecule has 2 heteroatoms. The van der Waals surface area contributed by atoms with E-state index in [0.29, 0.717) is 0 Å². The van der Waals surface area contributed by atoms with Crippen LogP contribution in [0.2, 0.25) is 0 Å². The molecule has 0 radical (unpaired) electrons. The first-order valence-electron chi connectivity index (χ1n) is 17.4. The van der Waals surface area contributed by atoms with Gasteiger partial charge >= 0.3 is 0 Å². The molecule has 1 aliphatic rings. The third kappa shape index (κ3) is 4.32. The van der Waals surface area contributed by atoms with Crippen molar-refractivity contribution in [2.75, 3.05) is 4.90 Å². The normalized spacial score (nSPS) is 13.2. The van der Waals surface area contributed by atoms with Crippen LogP contribution in [-0.4, -0.2) is 4.98 Å². The molecule has 0 spiro atoms. The maximum Gasteiger partial charge on any atom is 0.0468 e. The molecular formula is C48H34N2. The lowest BCUT2D eigenvalue weighted by Gasteiger charge is -2.28. The molecule has 1 aliphatic carbocycles. The lowest BCUT2D eigenvalue weighted by molar-refractivity contribution is 0.667. The molecular weight excluding hydrogens is 605 g/mol. The van der Waals surface area contributed by atoms with E-state index in [9.17, 15) is 0 Å². The average molecular weight is 639 g/mol. The zero-order valence-electron chi connectivity index (χ0n) is 28.1. The zero-order chi connectivity index (χ0) is 33.4. The standard InChI is InChI=1S/C48H34N2/c1-48(2)45-30-44(33-23-25-49-26-24-33)41-13-7-8-14-42(41)46(45)43-21-17-36-29-39(20-22-40(36)47(43)48)50(37-18-15-31-9-3-5-11-34(31)27-37)38-19-16-32-10-4-6-12-35(32)28-38/h3-30H,1-2H3. The summed E-state index contributed by atoms with van der Waals surface area (Å²) in [6.07, 6.45) is 3.78. The molecule has 0 saturated carbocycles. The van der Waals surface area contributed by atoms with Crippen LogP contribution in [0.5, 0.6) is 0 Å². The second-order valence-electron chi connectivity index (χ2n) is 14.0. The highest BCUT2D eigenvalue weighted by molar-refractivity contribution is 6.11. The minimum atomic E-state index is -0.187. The van der Waals surface area contributed by atoms with Crippen molar-refractivity contribution >= 4 is 60.2 Å². The van der Waals surface area contributed by atoms with Crippen molar-refractivity contribution < 1.29 is 0 Å². The van der Waals surface area contributed by atoms with Crippen molar-refractivity contribution in [3.63, 3.8) is 0 Å². The molecule has 0 saturated heterocycles. The molecule has 0 fully saturated rings. The number of anilines is 3. The summed E-state index contributed by atoms with van der Waals surface area (Å²) in [5.41, 5.74) is 11.2. The molecule has 236 valence electrons. The summed E-state index contributed by atoms with van der Waals surface area (Å²) in [6.45, 7) is 4.79. The third-order valence-corrected chi connectivity index (χ3v) is 10.8. The van der Waals surface area contributed by atoms with Crippen LogP contribution in [0.15, 0.2) is 170 Å². The average Bonchev–Trinajstić information content (AvgIpc) is 3.41. The number of benzene rings is 8. The summed E-state index contributed by atoms with van der Waals surface area (Å²) in [4.78, 5) is 6.70. The molecule has 0 aliphatic heterocycles. The molecule has 0 amide bonds. The quantitative estimate of drug-likeness (QED) is 0.191. The predicted molar refractivity (Wildman–Crippen MR) is 212 cm³/mol. The van der Waals surface area contributed by atoms with E-state index < -0.39 is 0 Å². The van der Waals surface area contributed by atoms with E-state index in [1.54, 1.807) is 0 Å². The first kappa shape index (κ1) is 28.7. The minimum Gasteiger partial charge on any atom is -0.310 e. The van der Waals surface area contributed by atoms with Crippen LogP contribution in [-0.2, 0) is 5.41 Å². The Bertz CT molecular complexity index is 2720. The molecule has 2 nitrogen and oxygen atoms in total. The molecule has 8 aromatic carbocycles. The summed E-state index contributed by atoms with van der Waals surface area (Å²) in [7, 11) is 0. The first-order valence-corrected chi connectivity index (χ1v) is 17.4. The predicted octanol–water partition coefficient (Wildman–Crippen LogP) is 13.1. The van der Waals surface area contributed by atoms with E-state index in [2.05, 4.69) is 181 Å². The number of hydrogen-bond donors (Lipinski definition) is 0. The lowest BCUT2D eigenvalue weighted by Crippen LogP contribution is -2.16. The summed E-state index contributed by atoms with van der Waals surface area (Å²) in [5.74, 6) is 0. The minimum absolute atomic E-state index is 0.187. The number of fused-ring (bicyclic) bond motifs is 9. The van der Waals surface area contributed by atoms with Crippen molar-refractivity contribution in [3.8, 4) is 22.3 Å². The Morgan fingerprint density at radius 3 is 1.64 bits per heavy atom. The molecule has 9 aromatic rings. The zero-order valence-corrected chi connectivity index (χ0v) is 28.1. The van der Waals surface area contributed by atoms with Gasteiger partial charge in [-0.25, -0.2) is 0 Å². The van der Waals surface area contributed by atoms with Crippen LogP contribution in [0.4, 0.5) is 17.1 Å². The van der Waals surface area contributed by atoms with Crippen molar-refractivity contribution in [1.82, 2.24) is 4.98 Å². The summed E-state index contributed by atoms with van der Waals surface area (Å²) >= 11 is 0. The summed E-state index contributed by atoms with van der Waals surface area (Å²) in [6, 6.07) is 58.1. The topological polar surface area (TPSA) is 16.1 Å². The highest BCUT2D eigenvalue weighted by atomic mass is 15.1. The van der Waals surface area contributed by atoms with Crippen LogP contribution >= 0.6 is 0 Å². The molecule has 1 heterocycles. The molecule has 50 heavy (non-hydrogen) atoms. The van der Waals surface area contributed by atoms with E-state index in [4.69, 9.17) is 0 Å². The van der Waals surface area contributed by atoms with Crippen LogP contribution < -0.4 is 4.90 Å². The maximum absolute atomic E-state index is 4.30. The van der Waals surface area contributed by atoms with Gasteiger partial charge in [0.25, 0.3) is 0 Å². The summed E-state index contributed by atoms with van der Waals surface area (Å²) < 4.78 is 0. The Balaban J connectivity index is 1.17. The molecule has 0 atom stereocenters. The Morgan fingerprint density at radius 2 is 0.980 bits per heavy atom. The smallest absolute Gasteiger partial charge is 0.0468 e. The van der Waals surface area contributed by atoms with Crippen molar-refractivity contribution in [2.24, 2.45) is 0 Å². The van der Waals surface area contributed by atoms with Gasteiger partial charge in [-0.3, -0.25) is 4.98 Å². The van der Waals surface area contributed by atoms with Crippen molar-refractivity contribution in [1.29, 1.82) is 0 Å². The molecule has 1 aromatic heterocycles. The van der Waals surface area contributed by atoms with Crippen molar-refractivity contribution in [2.45, 2.75) is 19.3 Å². The Labute approximate surface area is 291 Å². The van der Waals surface area contributed by atoms with Gasteiger partial charge in [-0.05, 0) is 131 Å². The first-order chi connectivity index (χ1) is 24.5. The van der Waals surface area contributed by atoms with Crippen LogP contribution in [0.3, 0.4) is 0 Å². The van der Waals surface area contributed by atoms with Crippen LogP contribution in [0, 0.1) is 0 Å². The van der Waals surface area contributed by atoms with Gasteiger partial charge in [0.05, 0.1) is 0 Å². The Morgan fingerprint density at radius 1 is 0.440 bits per heavy atom. The van der Waals surface area contributed by atoms with Gasteiger partial charge in [-0.15, -0.1) is 0 Å². The lowest BCUT2D eigenvalue weighted by atomic mass is 9.79. The number of nitrogens with zero attached hydrogens (tertiary/aromatic N) is 2. The van der Waals surface area contributed by atoms with E-state index in [0.717, 1.165) is 17.1 Å².